The van der Waals surface area contributed by atoms with Crippen molar-refractivity contribution < 1.29 is 5.11 Å². The molecule has 1 unspecified atom stereocenters. The third kappa shape index (κ3) is 5.92. The molecule has 0 bridgehead atoms. The molecular weight excluding hydrogens is 382 g/mol. The summed E-state index contributed by atoms with van der Waals surface area (Å²) < 4.78 is 0. The molecule has 2 aromatic heterocycles. The molecule has 2 aromatic rings. The summed E-state index contributed by atoms with van der Waals surface area (Å²) in [6.45, 7) is 9.74. The van der Waals surface area contributed by atoms with Crippen molar-refractivity contribution in [1.82, 2.24) is 14.8 Å². The lowest BCUT2D eigenvalue weighted by Gasteiger charge is -2.42. The molecule has 6 nitrogen and oxygen atoms in total. The van der Waals surface area contributed by atoms with Crippen molar-refractivity contribution in [1.29, 1.82) is 0 Å². The molecule has 7 heteroatoms. The van der Waals surface area contributed by atoms with Crippen molar-refractivity contribution in [3.8, 4) is 0 Å². The van der Waals surface area contributed by atoms with Gasteiger partial charge in [-0.25, -0.2) is 4.98 Å². The molecule has 3 heterocycles. The summed E-state index contributed by atoms with van der Waals surface area (Å²) >= 11 is 1.78. The topological polar surface area (TPSA) is 77.6 Å². The zero-order valence-corrected chi connectivity index (χ0v) is 18.5. The minimum absolute atomic E-state index is 0.0583. The van der Waals surface area contributed by atoms with E-state index in [9.17, 15) is 5.11 Å². The van der Waals surface area contributed by atoms with Gasteiger partial charge in [0.1, 0.15) is 5.82 Å². The highest BCUT2D eigenvalue weighted by Gasteiger charge is 2.28. The zero-order chi connectivity index (χ0) is 20.6. The van der Waals surface area contributed by atoms with E-state index in [1.807, 2.05) is 0 Å². The van der Waals surface area contributed by atoms with E-state index in [1.165, 1.54) is 18.4 Å². The van der Waals surface area contributed by atoms with Crippen molar-refractivity contribution in [2.75, 3.05) is 37.2 Å². The number of nitrogens with one attached hydrogen (secondary N) is 1. The predicted molar refractivity (Wildman–Crippen MR) is 122 cm³/mol. The number of nitrogen functional groups attached to an aromatic ring is 1. The first-order valence-corrected chi connectivity index (χ1v) is 11.7. The third-order valence-electron chi connectivity index (χ3n) is 5.98. The van der Waals surface area contributed by atoms with Crippen molar-refractivity contribution in [2.24, 2.45) is 0 Å². The number of aliphatic hydroxyl groups excluding tert-OH is 1. The molecule has 4 N–H and O–H groups in total. The summed E-state index contributed by atoms with van der Waals surface area (Å²) in [5.74, 6) is 0.738. The number of likely N-dealkylation sites (N-methyl/N-ethyl adjacent to an activating group) is 1. The van der Waals surface area contributed by atoms with E-state index in [0.717, 1.165) is 50.5 Å². The Kier molecular flexibility index (Phi) is 8.29. The summed E-state index contributed by atoms with van der Waals surface area (Å²) in [5, 5.41) is 17.5. The highest BCUT2D eigenvalue weighted by Crippen LogP contribution is 2.23. The van der Waals surface area contributed by atoms with Crippen LogP contribution in [0.4, 0.5) is 11.5 Å². The molecule has 1 aliphatic heterocycles. The Hall–Kier alpha value is -1.67. The number of nitrogens with zero attached hydrogens (tertiary/aromatic N) is 3. The lowest BCUT2D eigenvalue weighted by molar-refractivity contribution is 0.0773. The van der Waals surface area contributed by atoms with Crippen LogP contribution in [0.15, 0.2) is 29.1 Å². The Balaban J connectivity index is 1.55. The maximum absolute atomic E-state index is 9.59. The molecule has 0 spiro atoms. The standard InChI is InChI=1S/C22H35N5OS/c1-3-20(13-25-22-18(15-28)11-19(23)12-24-22)27(4-2)21-5-8-26(9-6-21)14-17-7-10-29-16-17/h7,10-12,16,20-21,28H,3-6,8-9,13-15,23H2,1-2H3,(H,24,25). The SMILES string of the molecule is CCC(CNc1ncc(N)cc1CO)N(CC)C1CCN(Cc2ccsc2)CC1. The molecule has 1 saturated heterocycles. The number of hydrogen-bond acceptors (Lipinski definition) is 7. The lowest BCUT2D eigenvalue weighted by Crippen LogP contribution is -2.50. The number of aliphatic hydroxyl groups is 1. The summed E-state index contributed by atoms with van der Waals surface area (Å²) in [6.07, 6.45) is 5.16. The summed E-state index contributed by atoms with van der Waals surface area (Å²) in [6, 6.07) is 5.10. The van der Waals surface area contributed by atoms with Crippen molar-refractivity contribution in [3.05, 3.63) is 40.2 Å². The minimum Gasteiger partial charge on any atom is -0.397 e. The van der Waals surface area contributed by atoms with E-state index in [1.54, 1.807) is 23.6 Å². The summed E-state index contributed by atoms with van der Waals surface area (Å²) in [5.41, 5.74) is 8.56. The van der Waals surface area contributed by atoms with Crippen LogP contribution in [0.5, 0.6) is 0 Å². The van der Waals surface area contributed by atoms with Gasteiger partial charge in [0.25, 0.3) is 0 Å². The summed E-state index contributed by atoms with van der Waals surface area (Å²) in [7, 11) is 0. The number of rotatable bonds is 10. The highest BCUT2D eigenvalue weighted by molar-refractivity contribution is 7.07. The number of hydrogen-bond donors (Lipinski definition) is 3. The van der Waals surface area contributed by atoms with Crippen LogP contribution in [0.1, 0.15) is 44.2 Å². The molecule has 1 fully saturated rings. The van der Waals surface area contributed by atoms with E-state index in [2.05, 4.69) is 50.8 Å². The Morgan fingerprint density at radius 1 is 1.38 bits per heavy atom. The van der Waals surface area contributed by atoms with E-state index in [-0.39, 0.29) is 6.61 Å². The van der Waals surface area contributed by atoms with Crippen LogP contribution >= 0.6 is 11.3 Å². The number of aromatic nitrogens is 1. The smallest absolute Gasteiger partial charge is 0.131 e. The van der Waals surface area contributed by atoms with Crippen molar-refractivity contribution >= 4 is 22.8 Å². The van der Waals surface area contributed by atoms with Crippen molar-refractivity contribution in [3.63, 3.8) is 0 Å². The van der Waals surface area contributed by atoms with Crippen LogP contribution in [0.25, 0.3) is 0 Å². The number of likely N-dealkylation sites (tertiary alicyclic amines) is 1. The Morgan fingerprint density at radius 3 is 2.79 bits per heavy atom. The predicted octanol–water partition coefficient (Wildman–Crippen LogP) is 3.39. The number of nitrogens with two attached hydrogens (primary N) is 1. The van der Waals surface area contributed by atoms with Gasteiger partial charge in [-0.05, 0) is 67.4 Å². The maximum Gasteiger partial charge on any atom is 0.131 e. The van der Waals surface area contributed by atoms with Crippen LogP contribution < -0.4 is 11.1 Å². The molecule has 29 heavy (non-hydrogen) atoms. The fraction of sp³-hybridized carbons (Fsp3) is 0.591. The van der Waals surface area contributed by atoms with Gasteiger partial charge < -0.3 is 16.2 Å². The fourth-order valence-corrected chi connectivity index (χ4v) is 5.04. The molecule has 3 rings (SSSR count). The van der Waals surface area contributed by atoms with Crippen LogP contribution in [0, 0.1) is 0 Å². The molecule has 1 aliphatic rings. The average molecular weight is 418 g/mol. The quantitative estimate of drug-likeness (QED) is 0.550. The van der Waals surface area contributed by atoms with Gasteiger partial charge in [0, 0.05) is 30.7 Å². The van der Waals surface area contributed by atoms with E-state index in [4.69, 9.17) is 5.73 Å². The second-order valence-electron chi connectivity index (χ2n) is 7.85. The molecule has 0 radical (unpaired) electrons. The number of anilines is 2. The molecule has 1 atom stereocenters. The third-order valence-corrected chi connectivity index (χ3v) is 6.71. The first-order valence-electron chi connectivity index (χ1n) is 10.7. The van der Waals surface area contributed by atoms with E-state index in [0.29, 0.717) is 17.8 Å². The normalized spacial score (nSPS) is 17.0. The van der Waals surface area contributed by atoms with Gasteiger partial charge in [0.2, 0.25) is 0 Å². The molecule has 0 aliphatic carbocycles. The zero-order valence-electron chi connectivity index (χ0n) is 17.7. The Labute approximate surface area is 178 Å². The average Bonchev–Trinajstić information content (AvgIpc) is 3.25. The minimum atomic E-state index is -0.0583. The van der Waals surface area contributed by atoms with Crippen LogP contribution in [-0.4, -0.2) is 58.2 Å². The second-order valence-corrected chi connectivity index (χ2v) is 8.63. The molecule has 0 amide bonds. The van der Waals surface area contributed by atoms with Gasteiger partial charge >= 0.3 is 0 Å². The van der Waals surface area contributed by atoms with Crippen LogP contribution in [0.2, 0.25) is 0 Å². The largest absolute Gasteiger partial charge is 0.397 e. The fourth-order valence-electron chi connectivity index (χ4n) is 4.38. The van der Waals surface area contributed by atoms with Gasteiger partial charge in [-0.2, -0.15) is 11.3 Å². The van der Waals surface area contributed by atoms with Gasteiger partial charge in [0.15, 0.2) is 0 Å². The maximum atomic E-state index is 9.59. The lowest BCUT2D eigenvalue weighted by atomic mass is 9.99. The second kappa shape index (κ2) is 10.9. The monoisotopic (exact) mass is 417 g/mol. The number of pyridine rings is 1. The first-order chi connectivity index (χ1) is 14.1. The van der Waals surface area contributed by atoms with Gasteiger partial charge in [-0.1, -0.05) is 13.8 Å². The van der Waals surface area contributed by atoms with Crippen molar-refractivity contribution in [2.45, 2.75) is 58.3 Å². The van der Waals surface area contributed by atoms with Gasteiger partial charge in [-0.3, -0.25) is 9.80 Å². The Bertz CT molecular complexity index is 731. The van der Waals surface area contributed by atoms with Crippen LogP contribution in [-0.2, 0) is 13.2 Å². The first kappa shape index (κ1) is 22.0. The van der Waals surface area contributed by atoms with E-state index >= 15 is 0 Å². The van der Waals surface area contributed by atoms with Gasteiger partial charge in [0.05, 0.1) is 18.5 Å². The number of thiophene rings is 1. The van der Waals surface area contributed by atoms with Crippen LogP contribution in [0.3, 0.4) is 0 Å². The van der Waals surface area contributed by atoms with E-state index < -0.39 is 0 Å². The molecular formula is C22H35N5OS. The molecule has 0 aromatic carbocycles. The van der Waals surface area contributed by atoms with Gasteiger partial charge in [-0.15, -0.1) is 0 Å². The summed E-state index contributed by atoms with van der Waals surface area (Å²) in [4.78, 5) is 9.62. The Morgan fingerprint density at radius 2 is 2.17 bits per heavy atom. The number of piperidine rings is 1. The molecule has 160 valence electrons. The molecule has 0 saturated carbocycles. The highest BCUT2D eigenvalue weighted by atomic mass is 32.1.